The fourth-order valence-corrected chi connectivity index (χ4v) is 1.67. The third-order valence-corrected chi connectivity index (χ3v) is 2.53. The molecule has 0 saturated carbocycles. The second kappa shape index (κ2) is 7.88. The van der Waals surface area contributed by atoms with Crippen LogP contribution in [0.1, 0.15) is 18.5 Å². The van der Waals surface area contributed by atoms with E-state index in [9.17, 15) is 9.90 Å². The highest BCUT2D eigenvalue weighted by molar-refractivity contribution is 5.81. The molecule has 1 unspecified atom stereocenters. The molecule has 0 aliphatic carbocycles. The largest absolute Gasteiger partial charge is 0.504 e. The second-order valence-corrected chi connectivity index (χ2v) is 3.90. The number of phenols is 1. The van der Waals surface area contributed by atoms with Crippen LogP contribution in [-0.4, -0.2) is 30.7 Å². The summed E-state index contributed by atoms with van der Waals surface area (Å²) >= 11 is 0. The van der Waals surface area contributed by atoms with Gasteiger partial charge in [0.1, 0.15) is 6.04 Å². The van der Waals surface area contributed by atoms with Crippen molar-refractivity contribution in [2.75, 3.05) is 19.7 Å². The predicted molar refractivity (Wildman–Crippen MR) is 73.2 cm³/mol. The van der Waals surface area contributed by atoms with Gasteiger partial charge in [0.2, 0.25) is 5.91 Å². The van der Waals surface area contributed by atoms with E-state index in [4.69, 9.17) is 16.0 Å². The van der Waals surface area contributed by atoms with Gasteiger partial charge in [-0.15, -0.1) is 0 Å². The molecule has 1 atom stereocenters. The SMILES string of the molecule is CCOc1cc(C(NCCN=[N+]=[N-])C(N)=O)ccc1O. The average molecular weight is 279 g/mol. The molecule has 0 radical (unpaired) electrons. The maximum absolute atomic E-state index is 11.5. The number of primary amides is 1. The Bertz CT molecular complexity index is 514. The van der Waals surface area contributed by atoms with Gasteiger partial charge in [0, 0.05) is 18.0 Å². The molecule has 1 rings (SSSR count). The van der Waals surface area contributed by atoms with Crippen LogP contribution in [0, 0.1) is 0 Å². The quantitative estimate of drug-likeness (QED) is 0.285. The summed E-state index contributed by atoms with van der Waals surface area (Å²) in [4.78, 5) is 14.1. The molecule has 0 aliphatic heterocycles. The Morgan fingerprint density at radius 2 is 2.40 bits per heavy atom. The van der Waals surface area contributed by atoms with Crippen molar-refractivity contribution in [2.24, 2.45) is 10.8 Å². The van der Waals surface area contributed by atoms with E-state index in [1.54, 1.807) is 19.1 Å². The molecule has 0 aliphatic rings. The van der Waals surface area contributed by atoms with Crippen LogP contribution in [0.2, 0.25) is 0 Å². The molecule has 0 bridgehead atoms. The standard InChI is InChI=1S/C12H17N5O3/c1-2-20-10-7-8(3-4-9(10)18)11(12(13)19)15-5-6-16-17-14/h3-4,7,11,15,18H,2,5-6H2,1H3,(H2,13,19). The molecule has 0 spiro atoms. The number of benzene rings is 1. The summed E-state index contributed by atoms with van der Waals surface area (Å²) in [5, 5.41) is 15.9. The number of nitrogens with zero attached hydrogens (tertiary/aromatic N) is 3. The number of rotatable bonds is 8. The Kier molecular flexibility index (Phi) is 6.15. The lowest BCUT2D eigenvalue weighted by Crippen LogP contribution is -2.34. The highest BCUT2D eigenvalue weighted by Gasteiger charge is 2.18. The normalized spacial score (nSPS) is 11.4. The molecule has 8 nitrogen and oxygen atoms in total. The van der Waals surface area contributed by atoms with Crippen molar-refractivity contribution in [1.29, 1.82) is 0 Å². The lowest BCUT2D eigenvalue weighted by molar-refractivity contribution is -0.120. The molecule has 1 aromatic carbocycles. The molecule has 1 aromatic rings. The Morgan fingerprint density at radius 3 is 3.00 bits per heavy atom. The number of azide groups is 1. The van der Waals surface area contributed by atoms with E-state index in [0.29, 0.717) is 18.7 Å². The van der Waals surface area contributed by atoms with Gasteiger partial charge in [-0.05, 0) is 30.2 Å². The third-order valence-electron chi connectivity index (χ3n) is 2.53. The second-order valence-electron chi connectivity index (χ2n) is 3.90. The van der Waals surface area contributed by atoms with Crippen LogP contribution in [0.5, 0.6) is 11.5 Å². The first kappa shape index (κ1) is 15.6. The first-order valence-electron chi connectivity index (χ1n) is 6.09. The first-order chi connectivity index (χ1) is 9.60. The van der Waals surface area contributed by atoms with Crippen LogP contribution in [0.25, 0.3) is 10.4 Å². The van der Waals surface area contributed by atoms with Gasteiger partial charge in [-0.2, -0.15) is 0 Å². The van der Waals surface area contributed by atoms with Gasteiger partial charge in [0.15, 0.2) is 11.5 Å². The molecular weight excluding hydrogens is 262 g/mol. The Hall–Kier alpha value is -2.44. The van der Waals surface area contributed by atoms with E-state index in [0.717, 1.165) is 0 Å². The number of carbonyl (C=O) groups excluding carboxylic acids is 1. The molecular formula is C12H17N5O3. The van der Waals surface area contributed by atoms with Crippen LogP contribution in [-0.2, 0) is 4.79 Å². The molecule has 0 fully saturated rings. The summed E-state index contributed by atoms with van der Waals surface area (Å²) in [6, 6.07) is 3.82. The zero-order chi connectivity index (χ0) is 15.0. The zero-order valence-corrected chi connectivity index (χ0v) is 11.1. The smallest absolute Gasteiger partial charge is 0.239 e. The van der Waals surface area contributed by atoms with Gasteiger partial charge in [0.05, 0.1) is 6.61 Å². The summed E-state index contributed by atoms with van der Waals surface area (Å²) in [5.74, 6) is -0.292. The maximum Gasteiger partial charge on any atom is 0.239 e. The van der Waals surface area contributed by atoms with E-state index in [1.165, 1.54) is 6.07 Å². The van der Waals surface area contributed by atoms with Gasteiger partial charge >= 0.3 is 0 Å². The number of carbonyl (C=O) groups is 1. The minimum absolute atomic E-state index is 0.00657. The van der Waals surface area contributed by atoms with Crippen molar-refractivity contribution in [3.05, 3.63) is 34.2 Å². The van der Waals surface area contributed by atoms with Gasteiger partial charge < -0.3 is 20.9 Å². The van der Waals surface area contributed by atoms with Crippen LogP contribution in [0.3, 0.4) is 0 Å². The van der Waals surface area contributed by atoms with Crippen LogP contribution >= 0.6 is 0 Å². The van der Waals surface area contributed by atoms with Crippen LogP contribution in [0.4, 0.5) is 0 Å². The van der Waals surface area contributed by atoms with Gasteiger partial charge in [-0.1, -0.05) is 11.2 Å². The highest BCUT2D eigenvalue weighted by atomic mass is 16.5. The number of amides is 1. The number of phenolic OH excluding ortho intramolecular Hbond substituents is 1. The highest BCUT2D eigenvalue weighted by Crippen LogP contribution is 2.29. The van der Waals surface area contributed by atoms with Crippen molar-refractivity contribution in [3.8, 4) is 11.5 Å². The minimum atomic E-state index is -0.747. The van der Waals surface area contributed by atoms with Gasteiger partial charge in [-0.3, -0.25) is 4.79 Å². The van der Waals surface area contributed by atoms with E-state index in [1.807, 2.05) is 0 Å². The fraction of sp³-hybridized carbons (Fsp3) is 0.417. The Balaban J connectivity index is 2.88. The monoisotopic (exact) mass is 279 g/mol. The number of nitrogens with one attached hydrogen (secondary N) is 1. The van der Waals surface area contributed by atoms with Crippen molar-refractivity contribution < 1.29 is 14.6 Å². The van der Waals surface area contributed by atoms with E-state index < -0.39 is 11.9 Å². The Labute approximate surface area is 116 Å². The average Bonchev–Trinajstić information content (AvgIpc) is 2.41. The summed E-state index contributed by atoms with van der Waals surface area (Å²) in [7, 11) is 0. The number of aromatic hydroxyl groups is 1. The van der Waals surface area contributed by atoms with E-state index in [2.05, 4.69) is 15.3 Å². The number of ether oxygens (including phenoxy) is 1. The lowest BCUT2D eigenvalue weighted by Gasteiger charge is -2.16. The molecule has 8 heteroatoms. The number of hydrogen-bond donors (Lipinski definition) is 3. The molecule has 108 valence electrons. The maximum atomic E-state index is 11.5. The van der Waals surface area contributed by atoms with Crippen molar-refractivity contribution in [3.63, 3.8) is 0 Å². The topological polar surface area (TPSA) is 133 Å². The molecule has 0 aromatic heterocycles. The fourth-order valence-electron chi connectivity index (χ4n) is 1.67. The molecule has 1 amide bonds. The zero-order valence-electron chi connectivity index (χ0n) is 11.1. The van der Waals surface area contributed by atoms with Crippen LogP contribution in [0.15, 0.2) is 23.3 Å². The van der Waals surface area contributed by atoms with Gasteiger partial charge in [-0.25, -0.2) is 0 Å². The molecule has 20 heavy (non-hydrogen) atoms. The first-order valence-corrected chi connectivity index (χ1v) is 6.09. The summed E-state index contributed by atoms with van der Waals surface area (Å²) in [6.45, 7) is 2.69. The molecule has 0 heterocycles. The predicted octanol–water partition coefficient (Wildman–Crippen LogP) is 1.22. The molecule has 0 saturated heterocycles. The van der Waals surface area contributed by atoms with Crippen molar-refractivity contribution in [2.45, 2.75) is 13.0 Å². The minimum Gasteiger partial charge on any atom is -0.504 e. The van der Waals surface area contributed by atoms with Crippen molar-refractivity contribution in [1.82, 2.24) is 5.32 Å². The number of nitrogens with two attached hydrogens (primary N) is 1. The van der Waals surface area contributed by atoms with E-state index in [-0.39, 0.29) is 18.0 Å². The summed E-state index contributed by atoms with van der Waals surface area (Å²) in [5.41, 5.74) is 14.1. The molecule has 4 N–H and O–H groups in total. The van der Waals surface area contributed by atoms with Gasteiger partial charge in [0.25, 0.3) is 0 Å². The summed E-state index contributed by atoms with van der Waals surface area (Å²) in [6.07, 6.45) is 0. The summed E-state index contributed by atoms with van der Waals surface area (Å²) < 4.78 is 5.25. The third kappa shape index (κ3) is 4.34. The van der Waals surface area contributed by atoms with Crippen molar-refractivity contribution >= 4 is 5.91 Å². The number of hydrogen-bond acceptors (Lipinski definition) is 5. The lowest BCUT2D eigenvalue weighted by atomic mass is 10.1. The van der Waals surface area contributed by atoms with Crippen LogP contribution < -0.4 is 15.8 Å². The Morgan fingerprint density at radius 1 is 1.65 bits per heavy atom. The van der Waals surface area contributed by atoms with E-state index >= 15 is 0 Å².